The molecule has 2 rings (SSSR count). The van der Waals surface area contributed by atoms with Crippen molar-refractivity contribution in [3.05, 3.63) is 34.9 Å². The predicted octanol–water partition coefficient (Wildman–Crippen LogP) is 3.01. The molecule has 1 N–H and O–H groups in total. The SMILES string of the molecule is CNC(COCC1CCOCC1)c1cc(C)ccc1C. The summed E-state index contributed by atoms with van der Waals surface area (Å²) >= 11 is 0. The van der Waals surface area contributed by atoms with Crippen LogP contribution in [0.5, 0.6) is 0 Å². The zero-order chi connectivity index (χ0) is 14.4. The van der Waals surface area contributed by atoms with Crippen LogP contribution in [-0.4, -0.2) is 33.5 Å². The summed E-state index contributed by atoms with van der Waals surface area (Å²) in [6.45, 7) is 7.67. The van der Waals surface area contributed by atoms with E-state index < -0.39 is 0 Å². The van der Waals surface area contributed by atoms with E-state index in [1.807, 2.05) is 7.05 Å². The Balaban J connectivity index is 1.86. The van der Waals surface area contributed by atoms with Crippen LogP contribution in [0.1, 0.15) is 35.6 Å². The summed E-state index contributed by atoms with van der Waals surface area (Å²) in [5.41, 5.74) is 3.97. The Hall–Kier alpha value is -0.900. The van der Waals surface area contributed by atoms with E-state index in [-0.39, 0.29) is 6.04 Å². The first-order chi connectivity index (χ1) is 9.70. The molecule has 1 fully saturated rings. The standard InChI is InChI=1S/C17H27NO2/c1-13-4-5-14(2)16(10-13)17(18-3)12-20-11-15-6-8-19-9-7-15/h4-5,10,15,17-18H,6-9,11-12H2,1-3H3. The van der Waals surface area contributed by atoms with Crippen molar-refractivity contribution in [1.29, 1.82) is 0 Å². The second kappa shape index (κ2) is 7.77. The molecule has 0 aromatic heterocycles. The molecule has 1 aliphatic heterocycles. The van der Waals surface area contributed by atoms with Crippen molar-refractivity contribution in [2.45, 2.75) is 32.7 Å². The molecule has 1 aromatic rings. The third-order valence-corrected chi connectivity index (χ3v) is 4.14. The average molecular weight is 277 g/mol. The van der Waals surface area contributed by atoms with Crippen molar-refractivity contribution < 1.29 is 9.47 Å². The molecule has 0 saturated carbocycles. The van der Waals surface area contributed by atoms with E-state index in [4.69, 9.17) is 9.47 Å². The Morgan fingerprint density at radius 2 is 2.05 bits per heavy atom. The molecule has 112 valence electrons. The Bertz CT molecular complexity index is 413. The highest BCUT2D eigenvalue weighted by Crippen LogP contribution is 2.21. The van der Waals surface area contributed by atoms with E-state index in [1.165, 1.54) is 16.7 Å². The molecule has 3 nitrogen and oxygen atoms in total. The Labute approximate surface area is 122 Å². The van der Waals surface area contributed by atoms with Gasteiger partial charge in [0.2, 0.25) is 0 Å². The second-order valence-corrected chi connectivity index (χ2v) is 5.79. The van der Waals surface area contributed by atoms with Crippen LogP contribution in [0.25, 0.3) is 0 Å². The summed E-state index contributed by atoms with van der Waals surface area (Å²) in [6.07, 6.45) is 2.27. The minimum absolute atomic E-state index is 0.273. The van der Waals surface area contributed by atoms with Gasteiger partial charge < -0.3 is 14.8 Å². The van der Waals surface area contributed by atoms with Crippen molar-refractivity contribution in [2.75, 3.05) is 33.5 Å². The number of hydrogen-bond acceptors (Lipinski definition) is 3. The maximum Gasteiger partial charge on any atom is 0.0661 e. The van der Waals surface area contributed by atoms with Crippen molar-refractivity contribution in [1.82, 2.24) is 5.32 Å². The number of hydrogen-bond donors (Lipinski definition) is 1. The van der Waals surface area contributed by atoms with Crippen LogP contribution in [0, 0.1) is 19.8 Å². The molecule has 1 saturated heterocycles. The normalized spacial score (nSPS) is 18.1. The second-order valence-electron chi connectivity index (χ2n) is 5.79. The third-order valence-electron chi connectivity index (χ3n) is 4.14. The highest BCUT2D eigenvalue weighted by atomic mass is 16.5. The number of benzene rings is 1. The molecule has 0 bridgehead atoms. The summed E-state index contributed by atoms with van der Waals surface area (Å²) in [5, 5.41) is 3.37. The van der Waals surface area contributed by atoms with Crippen LogP contribution in [0.4, 0.5) is 0 Å². The van der Waals surface area contributed by atoms with Gasteiger partial charge in [0.25, 0.3) is 0 Å². The van der Waals surface area contributed by atoms with E-state index in [9.17, 15) is 0 Å². The fourth-order valence-corrected chi connectivity index (χ4v) is 2.73. The lowest BCUT2D eigenvalue weighted by molar-refractivity contribution is 0.0156. The number of likely N-dealkylation sites (N-methyl/N-ethyl adjacent to an activating group) is 1. The van der Waals surface area contributed by atoms with Crippen molar-refractivity contribution in [2.24, 2.45) is 5.92 Å². The number of nitrogens with one attached hydrogen (secondary N) is 1. The van der Waals surface area contributed by atoms with Gasteiger partial charge in [-0.3, -0.25) is 0 Å². The molecule has 3 heteroatoms. The summed E-state index contributed by atoms with van der Waals surface area (Å²) in [7, 11) is 2.00. The van der Waals surface area contributed by atoms with Crippen molar-refractivity contribution in [3.8, 4) is 0 Å². The molecule has 0 amide bonds. The van der Waals surface area contributed by atoms with Gasteiger partial charge in [-0.1, -0.05) is 23.8 Å². The van der Waals surface area contributed by atoms with Gasteiger partial charge in [0.05, 0.1) is 12.6 Å². The van der Waals surface area contributed by atoms with Gasteiger partial charge in [-0.15, -0.1) is 0 Å². The molecular weight excluding hydrogens is 250 g/mol. The molecule has 0 radical (unpaired) electrons. The molecule has 0 spiro atoms. The van der Waals surface area contributed by atoms with E-state index in [1.54, 1.807) is 0 Å². The Morgan fingerprint density at radius 1 is 1.30 bits per heavy atom. The molecule has 1 unspecified atom stereocenters. The van der Waals surface area contributed by atoms with Gasteiger partial charge in [-0.05, 0) is 50.8 Å². The highest BCUT2D eigenvalue weighted by molar-refractivity contribution is 5.33. The van der Waals surface area contributed by atoms with Crippen LogP contribution in [0.2, 0.25) is 0 Å². The molecule has 1 aliphatic rings. The minimum atomic E-state index is 0.273. The Morgan fingerprint density at radius 3 is 2.75 bits per heavy atom. The van der Waals surface area contributed by atoms with Crippen LogP contribution in [-0.2, 0) is 9.47 Å². The summed E-state index contributed by atoms with van der Waals surface area (Å²) < 4.78 is 11.3. The molecule has 1 heterocycles. The number of aryl methyl sites for hydroxylation is 2. The van der Waals surface area contributed by atoms with E-state index in [2.05, 4.69) is 37.4 Å². The highest BCUT2D eigenvalue weighted by Gasteiger charge is 2.16. The van der Waals surface area contributed by atoms with Crippen LogP contribution in [0.3, 0.4) is 0 Å². The smallest absolute Gasteiger partial charge is 0.0661 e. The first-order valence-corrected chi connectivity index (χ1v) is 7.60. The minimum Gasteiger partial charge on any atom is -0.381 e. The van der Waals surface area contributed by atoms with Gasteiger partial charge in [0.1, 0.15) is 0 Å². The molecule has 1 atom stereocenters. The summed E-state index contributed by atoms with van der Waals surface area (Å²) in [6, 6.07) is 6.88. The molecule has 20 heavy (non-hydrogen) atoms. The lowest BCUT2D eigenvalue weighted by atomic mass is 9.99. The van der Waals surface area contributed by atoms with Crippen molar-refractivity contribution >= 4 is 0 Å². The Kier molecular flexibility index (Phi) is 6.02. The topological polar surface area (TPSA) is 30.5 Å². The number of ether oxygens (including phenoxy) is 2. The first kappa shape index (κ1) is 15.5. The van der Waals surface area contributed by atoms with Gasteiger partial charge in [-0.25, -0.2) is 0 Å². The van der Waals surface area contributed by atoms with Gasteiger partial charge in [0.15, 0.2) is 0 Å². The van der Waals surface area contributed by atoms with Crippen LogP contribution < -0.4 is 5.32 Å². The monoisotopic (exact) mass is 277 g/mol. The third kappa shape index (κ3) is 4.30. The van der Waals surface area contributed by atoms with E-state index >= 15 is 0 Å². The van der Waals surface area contributed by atoms with E-state index in [0.29, 0.717) is 5.92 Å². The quantitative estimate of drug-likeness (QED) is 0.867. The van der Waals surface area contributed by atoms with Gasteiger partial charge in [-0.2, -0.15) is 0 Å². The largest absolute Gasteiger partial charge is 0.381 e. The zero-order valence-electron chi connectivity index (χ0n) is 12.9. The van der Waals surface area contributed by atoms with Crippen LogP contribution in [0.15, 0.2) is 18.2 Å². The lowest BCUT2D eigenvalue weighted by Crippen LogP contribution is -2.26. The van der Waals surface area contributed by atoms with E-state index in [0.717, 1.165) is 39.3 Å². The van der Waals surface area contributed by atoms with Crippen molar-refractivity contribution in [3.63, 3.8) is 0 Å². The molecular formula is C17H27NO2. The average Bonchev–Trinajstić information content (AvgIpc) is 2.48. The zero-order valence-corrected chi connectivity index (χ0v) is 12.9. The fourth-order valence-electron chi connectivity index (χ4n) is 2.73. The first-order valence-electron chi connectivity index (χ1n) is 7.60. The lowest BCUT2D eigenvalue weighted by Gasteiger charge is -2.24. The maximum atomic E-state index is 5.96. The van der Waals surface area contributed by atoms with Gasteiger partial charge in [0, 0.05) is 19.8 Å². The fraction of sp³-hybridized carbons (Fsp3) is 0.647. The summed E-state index contributed by atoms with van der Waals surface area (Å²) in [4.78, 5) is 0. The number of rotatable bonds is 6. The maximum absolute atomic E-state index is 5.96. The summed E-state index contributed by atoms with van der Waals surface area (Å²) in [5.74, 6) is 0.667. The molecule has 0 aliphatic carbocycles. The van der Waals surface area contributed by atoms with Gasteiger partial charge >= 0.3 is 0 Å². The van der Waals surface area contributed by atoms with Crippen LogP contribution >= 0.6 is 0 Å². The predicted molar refractivity (Wildman–Crippen MR) is 82.1 cm³/mol. The molecule has 1 aromatic carbocycles.